The van der Waals surface area contributed by atoms with Gasteiger partial charge < -0.3 is 4.98 Å². The topological polar surface area (TPSA) is 28.7 Å². The van der Waals surface area contributed by atoms with Crippen molar-refractivity contribution < 1.29 is 0 Å². The number of aromatic nitrogens is 2. The summed E-state index contributed by atoms with van der Waals surface area (Å²) in [6.07, 6.45) is 2.79. The monoisotopic (exact) mass is 250 g/mol. The number of H-pyrrole nitrogens is 1. The molecule has 0 radical (unpaired) electrons. The lowest BCUT2D eigenvalue weighted by atomic mass is 9.99. The van der Waals surface area contributed by atoms with Gasteiger partial charge in [0.15, 0.2) is 0 Å². The molecule has 96 valence electrons. The molecule has 0 aliphatic heterocycles. The molecule has 3 rings (SSSR count). The Kier molecular flexibility index (Phi) is 2.86. The van der Waals surface area contributed by atoms with E-state index in [4.69, 9.17) is 0 Å². The molecule has 0 fully saturated rings. The van der Waals surface area contributed by atoms with Crippen LogP contribution in [0.5, 0.6) is 0 Å². The summed E-state index contributed by atoms with van der Waals surface area (Å²) in [6.45, 7) is 6.43. The molecule has 0 atom stereocenters. The Balaban J connectivity index is 2.07. The molecule has 0 saturated heterocycles. The third-order valence-corrected chi connectivity index (χ3v) is 3.55. The summed E-state index contributed by atoms with van der Waals surface area (Å²) in [5, 5.41) is 1.24. The van der Waals surface area contributed by atoms with Crippen LogP contribution in [0.15, 0.2) is 36.5 Å². The van der Waals surface area contributed by atoms with Crippen LogP contribution in [0.25, 0.3) is 11.0 Å². The Morgan fingerprint density at radius 1 is 1.05 bits per heavy atom. The van der Waals surface area contributed by atoms with E-state index >= 15 is 0 Å². The van der Waals surface area contributed by atoms with Crippen LogP contribution in [-0.4, -0.2) is 9.97 Å². The van der Waals surface area contributed by atoms with Crippen molar-refractivity contribution in [2.24, 2.45) is 0 Å². The lowest BCUT2D eigenvalue weighted by Crippen LogP contribution is -1.92. The fourth-order valence-electron chi connectivity index (χ4n) is 2.81. The van der Waals surface area contributed by atoms with Crippen LogP contribution in [0.4, 0.5) is 0 Å². The van der Waals surface area contributed by atoms with E-state index < -0.39 is 0 Å². The minimum atomic E-state index is 0.958. The molecular formula is C17H18N2. The molecule has 1 N–H and O–H groups in total. The summed E-state index contributed by atoms with van der Waals surface area (Å²) in [5.41, 5.74) is 7.57. The number of rotatable bonds is 2. The van der Waals surface area contributed by atoms with Gasteiger partial charge in [-0.3, -0.25) is 0 Å². The van der Waals surface area contributed by atoms with E-state index in [2.05, 4.69) is 55.0 Å². The van der Waals surface area contributed by atoms with E-state index in [0.29, 0.717) is 0 Å². The number of nitrogens with zero attached hydrogens (tertiary/aromatic N) is 1. The number of fused-ring (bicyclic) bond motifs is 1. The predicted molar refractivity (Wildman–Crippen MR) is 79.6 cm³/mol. The second-order valence-electron chi connectivity index (χ2n) is 5.30. The second kappa shape index (κ2) is 4.54. The standard InChI is InChI=1S/C17H18N2/c1-11-7-12(2)9-14(8-11)10-16-13(3)19-17-15(16)5-4-6-18-17/h4-9H,10H2,1-3H3,(H,18,19). The third-order valence-electron chi connectivity index (χ3n) is 3.55. The maximum absolute atomic E-state index is 4.38. The highest BCUT2D eigenvalue weighted by Gasteiger charge is 2.09. The first kappa shape index (κ1) is 12.0. The van der Waals surface area contributed by atoms with E-state index in [0.717, 1.165) is 12.1 Å². The molecule has 0 aliphatic carbocycles. The largest absolute Gasteiger partial charge is 0.343 e. The lowest BCUT2D eigenvalue weighted by Gasteiger charge is -2.05. The first-order valence-corrected chi connectivity index (χ1v) is 6.63. The molecule has 2 aromatic heterocycles. The third kappa shape index (κ3) is 2.26. The quantitative estimate of drug-likeness (QED) is 0.729. The molecule has 0 spiro atoms. The van der Waals surface area contributed by atoms with Gasteiger partial charge in [-0.15, -0.1) is 0 Å². The lowest BCUT2D eigenvalue weighted by molar-refractivity contribution is 1.13. The van der Waals surface area contributed by atoms with Gasteiger partial charge in [-0.05, 0) is 50.5 Å². The van der Waals surface area contributed by atoms with E-state index in [9.17, 15) is 0 Å². The van der Waals surface area contributed by atoms with E-state index in [1.807, 2.05) is 12.3 Å². The number of aromatic amines is 1. The fraction of sp³-hybridized carbons (Fsp3) is 0.235. The van der Waals surface area contributed by atoms with Gasteiger partial charge >= 0.3 is 0 Å². The smallest absolute Gasteiger partial charge is 0.137 e. The summed E-state index contributed by atoms with van der Waals surface area (Å²) >= 11 is 0. The predicted octanol–water partition coefficient (Wildman–Crippen LogP) is 4.08. The van der Waals surface area contributed by atoms with Crippen molar-refractivity contribution in [3.05, 3.63) is 64.5 Å². The highest BCUT2D eigenvalue weighted by atomic mass is 14.9. The van der Waals surface area contributed by atoms with Crippen molar-refractivity contribution in [2.75, 3.05) is 0 Å². The van der Waals surface area contributed by atoms with Crippen LogP contribution in [0.3, 0.4) is 0 Å². The Hall–Kier alpha value is -2.09. The average molecular weight is 250 g/mol. The Morgan fingerprint density at radius 2 is 1.79 bits per heavy atom. The zero-order valence-corrected chi connectivity index (χ0v) is 11.6. The molecule has 3 aromatic rings. The summed E-state index contributed by atoms with van der Waals surface area (Å²) in [7, 11) is 0. The minimum absolute atomic E-state index is 0.958. The number of benzene rings is 1. The normalized spacial score (nSPS) is 11.1. The first-order valence-electron chi connectivity index (χ1n) is 6.63. The van der Waals surface area contributed by atoms with Gasteiger partial charge in [0.1, 0.15) is 5.65 Å². The van der Waals surface area contributed by atoms with Crippen molar-refractivity contribution >= 4 is 11.0 Å². The van der Waals surface area contributed by atoms with Crippen molar-refractivity contribution in [3.63, 3.8) is 0 Å². The Labute approximate surface area is 113 Å². The highest BCUT2D eigenvalue weighted by molar-refractivity contribution is 5.81. The fourth-order valence-corrected chi connectivity index (χ4v) is 2.81. The molecule has 2 heteroatoms. The molecule has 2 nitrogen and oxygen atoms in total. The van der Waals surface area contributed by atoms with Crippen molar-refractivity contribution in [1.29, 1.82) is 0 Å². The van der Waals surface area contributed by atoms with Crippen LogP contribution in [0.2, 0.25) is 0 Å². The molecule has 0 bridgehead atoms. The number of pyridine rings is 1. The summed E-state index contributed by atoms with van der Waals surface area (Å²) in [5.74, 6) is 0. The zero-order valence-electron chi connectivity index (χ0n) is 11.6. The van der Waals surface area contributed by atoms with Crippen molar-refractivity contribution in [2.45, 2.75) is 27.2 Å². The summed E-state index contributed by atoms with van der Waals surface area (Å²) in [6, 6.07) is 10.9. The van der Waals surface area contributed by atoms with E-state index in [-0.39, 0.29) is 0 Å². The van der Waals surface area contributed by atoms with Crippen LogP contribution in [-0.2, 0) is 6.42 Å². The summed E-state index contributed by atoms with van der Waals surface area (Å²) in [4.78, 5) is 7.75. The molecule has 0 amide bonds. The number of nitrogens with one attached hydrogen (secondary N) is 1. The first-order chi connectivity index (χ1) is 9.13. The average Bonchev–Trinajstić information content (AvgIpc) is 2.65. The van der Waals surface area contributed by atoms with Gasteiger partial charge in [-0.2, -0.15) is 0 Å². The van der Waals surface area contributed by atoms with Gasteiger partial charge in [-0.1, -0.05) is 29.3 Å². The highest BCUT2D eigenvalue weighted by Crippen LogP contribution is 2.24. The Bertz CT molecular complexity index is 718. The van der Waals surface area contributed by atoms with Crippen molar-refractivity contribution in [1.82, 2.24) is 9.97 Å². The molecule has 0 unspecified atom stereocenters. The van der Waals surface area contributed by atoms with Gasteiger partial charge in [0, 0.05) is 17.3 Å². The molecule has 19 heavy (non-hydrogen) atoms. The van der Waals surface area contributed by atoms with E-state index in [1.54, 1.807) is 0 Å². The maximum atomic E-state index is 4.38. The zero-order chi connectivity index (χ0) is 13.4. The van der Waals surface area contributed by atoms with Crippen molar-refractivity contribution in [3.8, 4) is 0 Å². The van der Waals surface area contributed by atoms with Crippen LogP contribution >= 0.6 is 0 Å². The molecular weight excluding hydrogens is 232 g/mol. The Morgan fingerprint density at radius 3 is 2.53 bits per heavy atom. The van der Waals surface area contributed by atoms with Gasteiger partial charge in [0.2, 0.25) is 0 Å². The number of hydrogen-bond acceptors (Lipinski definition) is 1. The van der Waals surface area contributed by atoms with Gasteiger partial charge in [0.05, 0.1) is 0 Å². The minimum Gasteiger partial charge on any atom is -0.343 e. The number of aryl methyl sites for hydroxylation is 3. The maximum Gasteiger partial charge on any atom is 0.137 e. The van der Waals surface area contributed by atoms with Gasteiger partial charge in [-0.25, -0.2) is 4.98 Å². The van der Waals surface area contributed by atoms with Crippen LogP contribution < -0.4 is 0 Å². The summed E-state index contributed by atoms with van der Waals surface area (Å²) < 4.78 is 0. The van der Waals surface area contributed by atoms with Crippen LogP contribution in [0, 0.1) is 20.8 Å². The molecule has 2 heterocycles. The second-order valence-corrected chi connectivity index (χ2v) is 5.30. The molecule has 0 aliphatic rings. The molecule has 0 saturated carbocycles. The van der Waals surface area contributed by atoms with Crippen LogP contribution in [0.1, 0.15) is 27.9 Å². The van der Waals surface area contributed by atoms with E-state index in [1.165, 1.54) is 33.3 Å². The number of hydrogen-bond donors (Lipinski definition) is 1. The molecule has 1 aromatic carbocycles. The van der Waals surface area contributed by atoms with Gasteiger partial charge in [0.25, 0.3) is 0 Å². The SMILES string of the molecule is Cc1cc(C)cc(Cc2c(C)[nH]c3ncccc23)c1.